The largest absolute Gasteiger partial charge is 0.338 e. The average molecular weight is 325 g/mol. The molecule has 0 fully saturated rings. The lowest BCUT2D eigenvalue weighted by molar-refractivity contribution is 0.310. The summed E-state index contributed by atoms with van der Waals surface area (Å²) in [5.41, 5.74) is 6.74. The molecule has 2 aromatic rings. The van der Waals surface area contributed by atoms with Crippen molar-refractivity contribution in [3.05, 3.63) is 46.0 Å². The molecular formula is C13H17BrN4O. The quantitative estimate of drug-likeness (QED) is 0.879. The molecule has 0 saturated heterocycles. The Bertz CT molecular complexity index is 512. The van der Waals surface area contributed by atoms with Crippen molar-refractivity contribution >= 4 is 15.9 Å². The van der Waals surface area contributed by atoms with Gasteiger partial charge in [0, 0.05) is 11.0 Å². The second-order valence-electron chi connectivity index (χ2n) is 4.42. The summed E-state index contributed by atoms with van der Waals surface area (Å²) in [4.78, 5) is 6.34. The van der Waals surface area contributed by atoms with Crippen LogP contribution in [0.25, 0.3) is 0 Å². The lowest BCUT2D eigenvalue weighted by Gasteiger charge is -2.14. The van der Waals surface area contributed by atoms with Crippen LogP contribution in [0, 0.1) is 0 Å². The van der Waals surface area contributed by atoms with Crippen molar-refractivity contribution in [2.45, 2.75) is 19.5 Å². The van der Waals surface area contributed by atoms with Crippen molar-refractivity contribution in [1.29, 1.82) is 0 Å². The van der Waals surface area contributed by atoms with E-state index in [0.717, 1.165) is 17.4 Å². The average Bonchev–Trinajstić information content (AvgIpc) is 2.86. The number of likely N-dealkylation sites (N-methyl/N-ethyl adjacent to an activating group) is 1. The highest BCUT2D eigenvalue weighted by Gasteiger charge is 2.07. The lowest BCUT2D eigenvalue weighted by Crippen LogP contribution is -2.21. The second kappa shape index (κ2) is 6.79. The van der Waals surface area contributed by atoms with Gasteiger partial charge in [0.05, 0.1) is 13.1 Å². The number of hydrogen-bond acceptors (Lipinski definition) is 5. The molecule has 0 spiro atoms. The standard InChI is InChI=1S/C13H17BrN4O/c1-18(9-12-16-13(8-15)19-17-12)7-6-10-2-4-11(14)5-3-10/h2-5H,6-9,15H2,1H3. The van der Waals surface area contributed by atoms with E-state index in [-0.39, 0.29) is 6.54 Å². The van der Waals surface area contributed by atoms with Crippen LogP contribution in [0.4, 0.5) is 0 Å². The zero-order valence-corrected chi connectivity index (χ0v) is 12.4. The highest BCUT2D eigenvalue weighted by Crippen LogP contribution is 2.11. The molecule has 0 saturated carbocycles. The topological polar surface area (TPSA) is 68.2 Å². The number of halogens is 1. The van der Waals surface area contributed by atoms with Crippen molar-refractivity contribution in [1.82, 2.24) is 15.0 Å². The van der Waals surface area contributed by atoms with Gasteiger partial charge in [-0.1, -0.05) is 33.2 Å². The van der Waals surface area contributed by atoms with Gasteiger partial charge in [-0.15, -0.1) is 0 Å². The molecule has 0 unspecified atom stereocenters. The molecule has 2 N–H and O–H groups in total. The Hall–Kier alpha value is -1.24. The van der Waals surface area contributed by atoms with E-state index in [9.17, 15) is 0 Å². The summed E-state index contributed by atoms with van der Waals surface area (Å²) in [5.74, 6) is 1.16. The highest BCUT2D eigenvalue weighted by atomic mass is 79.9. The third-order valence-corrected chi connectivity index (χ3v) is 3.32. The summed E-state index contributed by atoms with van der Waals surface area (Å²) in [6.45, 7) is 1.89. The Morgan fingerprint density at radius 2 is 2.05 bits per heavy atom. The Morgan fingerprint density at radius 3 is 2.68 bits per heavy atom. The van der Waals surface area contributed by atoms with Gasteiger partial charge < -0.3 is 10.3 Å². The first kappa shape index (κ1) is 14.2. The minimum absolute atomic E-state index is 0.287. The molecular weight excluding hydrogens is 308 g/mol. The maximum absolute atomic E-state index is 5.43. The van der Waals surface area contributed by atoms with E-state index in [1.165, 1.54) is 5.56 Å². The number of rotatable bonds is 6. The first-order valence-electron chi connectivity index (χ1n) is 6.12. The molecule has 0 aliphatic heterocycles. The zero-order valence-electron chi connectivity index (χ0n) is 10.8. The summed E-state index contributed by atoms with van der Waals surface area (Å²) < 4.78 is 6.08. The third kappa shape index (κ3) is 4.41. The van der Waals surface area contributed by atoms with E-state index in [1.807, 2.05) is 7.05 Å². The van der Waals surface area contributed by atoms with Crippen LogP contribution in [0.15, 0.2) is 33.3 Å². The zero-order chi connectivity index (χ0) is 13.7. The van der Waals surface area contributed by atoms with E-state index in [0.29, 0.717) is 18.3 Å². The molecule has 0 bridgehead atoms. The maximum atomic E-state index is 5.43. The van der Waals surface area contributed by atoms with Gasteiger partial charge in [0.25, 0.3) is 0 Å². The summed E-state index contributed by atoms with van der Waals surface area (Å²) in [6.07, 6.45) is 0.991. The molecule has 0 radical (unpaired) electrons. The van der Waals surface area contributed by atoms with Gasteiger partial charge in [-0.25, -0.2) is 0 Å². The van der Waals surface area contributed by atoms with Gasteiger partial charge in [-0.3, -0.25) is 4.90 Å². The Kier molecular flexibility index (Phi) is 5.07. The van der Waals surface area contributed by atoms with Gasteiger partial charge in [-0.05, 0) is 31.2 Å². The summed E-state index contributed by atoms with van der Waals surface area (Å²) >= 11 is 3.43. The number of hydrogen-bond donors (Lipinski definition) is 1. The molecule has 1 heterocycles. The maximum Gasteiger partial charge on any atom is 0.240 e. The van der Waals surface area contributed by atoms with Crippen molar-refractivity contribution in [3.63, 3.8) is 0 Å². The van der Waals surface area contributed by atoms with E-state index in [4.69, 9.17) is 10.3 Å². The number of benzene rings is 1. The Morgan fingerprint density at radius 1 is 1.32 bits per heavy atom. The molecule has 102 valence electrons. The molecule has 19 heavy (non-hydrogen) atoms. The molecule has 0 atom stereocenters. The molecule has 0 amide bonds. The fourth-order valence-electron chi connectivity index (χ4n) is 1.73. The van der Waals surface area contributed by atoms with Crippen molar-refractivity contribution in [2.75, 3.05) is 13.6 Å². The molecule has 0 aliphatic rings. The molecule has 0 aliphatic carbocycles. The SMILES string of the molecule is CN(CCc1ccc(Br)cc1)Cc1noc(CN)n1. The van der Waals surface area contributed by atoms with Crippen LogP contribution in [0.5, 0.6) is 0 Å². The molecule has 6 heteroatoms. The van der Waals surface area contributed by atoms with Gasteiger partial charge in [0.15, 0.2) is 5.82 Å². The minimum Gasteiger partial charge on any atom is -0.338 e. The second-order valence-corrected chi connectivity index (χ2v) is 5.34. The van der Waals surface area contributed by atoms with Gasteiger partial charge in [0.1, 0.15) is 0 Å². The first-order valence-corrected chi connectivity index (χ1v) is 6.91. The number of nitrogens with zero attached hydrogens (tertiary/aromatic N) is 3. The fraction of sp³-hybridized carbons (Fsp3) is 0.385. The Labute approximate surface area is 120 Å². The van der Waals surface area contributed by atoms with Crippen LogP contribution in [0.1, 0.15) is 17.3 Å². The van der Waals surface area contributed by atoms with Crippen LogP contribution >= 0.6 is 15.9 Å². The summed E-state index contributed by atoms with van der Waals surface area (Å²) in [5, 5.41) is 3.88. The van der Waals surface area contributed by atoms with Crippen LogP contribution in [0.3, 0.4) is 0 Å². The first-order chi connectivity index (χ1) is 9.17. The van der Waals surface area contributed by atoms with Gasteiger partial charge in [0.2, 0.25) is 5.89 Å². The monoisotopic (exact) mass is 324 g/mol. The van der Waals surface area contributed by atoms with Crippen LogP contribution in [-0.2, 0) is 19.5 Å². The third-order valence-electron chi connectivity index (χ3n) is 2.79. The van der Waals surface area contributed by atoms with Crippen molar-refractivity contribution in [3.8, 4) is 0 Å². The normalized spacial score (nSPS) is 11.2. The van der Waals surface area contributed by atoms with E-state index >= 15 is 0 Å². The van der Waals surface area contributed by atoms with Gasteiger partial charge >= 0.3 is 0 Å². The molecule has 1 aromatic carbocycles. The van der Waals surface area contributed by atoms with E-state index in [2.05, 4.69) is 55.2 Å². The van der Waals surface area contributed by atoms with Crippen LogP contribution in [0.2, 0.25) is 0 Å². The molecule has 1 aromatic heterocycles. The smallest absolute Gasteiger partial charge is 0.240 e. The Balaban J connectivity index is 1.81. The van der Waals surface area contributed by atoms with E-state index in [1.54, 1.807) is 0 Å². The van der Waals surface area contributed by atoms with Crippen LogP contribution < -0.4 is 5.73 Å². The minimum atomic E-state index is 0.287. The lowest BCUT2D eigenvalue weighted by atomic mass is 10.1. The summed E-state index contributed by atoms with van der Waals surface area (Å²) in [6, 6.07) is 8.36. The molecule has 2 rings (SSSR count). The van der Waals surface area contributed by atoms with Crippen molar-refractivity contribution < 1.29 is 4.52 Å². The van der Waals surface area contributed by atoms with E-state index < -0.39 is 0 Å². The fourth-order valence-corrected chi connectivity index (χ4v) is 1.99. The van der Waals surface area contributed by atoms with Gasteiger partial charge in [-0.2, -0.15) is 4.98 Å². The highest BCUT2D eigenvalue weighted by molar-refractivity contribution is 9.10. The number of nitrogens with two attached hydrogens (primary N) is 1. The predicted octanol–water partition coefficient (Wildman–Crippen LogP) is 1.97. The number of aromatic nitrogens is 2. The predicted molar refractivity (Wildman–Crippen MR) is 76.4 cm³/mol. The molecule has 5 nitrogen and oxygen atoms in total. The van der Waals surface area contributed by atoms with Crippen molar-refractivity contribution in [2.24, 2.45) is 5.73 Å². The summed E-state index contributed by atoms with van der Waals surface area (Å²) in [7, 11) is 2.04. The van der Waals surface area contributed by atoms with Crippen LogP contribution in [-0.4, -0.2) is 28.6 Å².